The summed E-state index contributed by atoms with van der Waals surface area (Å²) < 4.78 is 2.35. The molecule has 1 aromatic heterocycles. The second kappa shape index (κ2) is 8.39. The van der Waals surface area contributed by atoms with Crippen molar-refractivity contribution in [2.45, 2.75) is 32.2 Å². The molecule has 0 aliphatic heterocycles. The van der Waals surface area contributed by atoms with Crippen LogP contribution < -0.4 is 11.3 Å². The predicted molar refractivity (Wildman–Crippen MR) is 117 cm³/mol. The molecule has 140 valence electrons. The lowest BCUT2D eigenvalue weighted by Crippen LogP contribution is -2.35. The van der Waals surface area contributed by atoms with Gasteiger partial charge in [0.1, 0.15) is 11.9 Å². The maximum Gasteiger partial charge on any atom is 0.262 e. The number of benzene rings is 2. The van der Waals surface area contributed by atoms with Gasteiger partial charge in [-0.1, -0.05) is 43.5 Å². The van der Waals surface area contributed by atoms with Crippen LogP contribution in [0.25, 0.3) is 22.3 Å². The number of carbonyl (C=O) groups excluding carboxylic acids is 1. The van der Waals surface area contributed by atoms with E-state index in [1.165, 1.54) is 4.57 Å². The summed E-state index contributed by atoms with van der Waals surface area (Å²) in [4.78, 5) is 30.3. The molecule has 0 aliphatic carbocycles. The fourth-order valence-corrected chi connectivity index (χ4v) is 3.77. The summed E-state index contributed by atoms with van der Waals surface area (Å²) >= 11 is 8.29. The van der Waals surface area contributed by atoms with Crippen molar-refractivity contribution in [1.29, 1.82) is 0 Å². The second-order valence-electron chi connectivity index (χ2n) is 6.34. The van der Waals surface area contributed by atoms with E-state index in [1.54, 1.807) is 24.3 Å². The summed E-state index contributed by atoms with van der Waals surface area (Å²) in [5.74, 6) is -0.142. The molecule has 1 amide bonds. The van der Waals surface area contributed by atoms with Crippen molar-refractivity contribution < 1.29 is 4.79 Å². The van der Waals surface area contributed by atoms with E-state index in [1.807, 2.05) is 25.1 Å². The Balaban J connectivity index is 2.36. The van der Waals surface area contributed by atoms with Crippen LogP contribution in [0.3, 0.4) is 0 Å². The first-order valence-corrected chi connectivity index (χ1v) is 10.1. The van der Waals surface area contributed by atoms with Gasteiger partial charge in [0.15, 0.2) is 0 Å². The lowest BCUT2D eigenvalue weighted by Gasteiger charge is -2.21. The maximum atomic E-state index is 13.3. The first-order valence-electron chi connectivity index (χ1n) is 8.69. The van der Waals surface area contributed by atoms with Gasteiger partial charge in [0.05, 0.1) is 10.9 Å². The number of rotatable bonds is 6. The number of nitrogens with zero attached hydrogens (tertiary/aromatic N) is 2. The third-order valence-electron chi connectivity index (χ3n) is 4.42. The molecule has 1 atom stereocenters. The van der Waals surface area contributed by atoms with Crippen molar-refractivity contribution in [2.24, 2.45) is 5.73 Å². The highest BCUT2D eigenvalue weighted by Gasteiger charge is 2.24. The van der Waals surface area contributed by atoms with Crippen molar-refractivity contribution in [1.82, 2.24) is 9.55 Å². The van der Waals surface area contributed by atoms with Gasteiger partial charge in [-0.15, -0.1) is 0 Å². The summed E-state index contributed by atoms with van der Waals surface area (Å²) in [6.07, 6.45) is 2.15. The van der Waals surface area contributed by atoms with Gasteiger partial charge in [0.2, 0.25) is 5.91 Å². The Hall–Kier alpha value is -1.93. The molecule has 1 unspecified atom stereocenters. The third kappa shape index (κ3) is 4.16. The van der Waals surface area contributed by atoms with Crippen LogP contribution in [0.2, 0.25) is 5.02 Å². The summed E-state index contributed by atoms with van der Waals surface area (Å²) in [6.45, 7) is 2.03. The van der Waals surface area contributed by atoms with Gasteiger partial charge in [-0.25, -0.2) is 4.98 Å². The number of hydrogen-bond donors (Lipinski definition) is 1. The minimum atomic E-state index is -0.763. The van der Waals surface area contributed by atoms with E-state index in [-0.39, 0.29) is 5.56 Å². The van der Waals surface area contributed by atoms with Crippen LogP contribution in [-0.2, 0) is 4.79 Å². The van der Waals surface area contributed by atoms with Gasteiger partial charge < -0.3 is 5.73 Å². The zero-order valence-corrected chi connectivity index (χ0v) is 17.7. The van der Waals surface area contributed by atoms with E-state index in [2.05, 4.69) is 22.6 Å². The normalized spacial score (nSPS) is 12.3. The van der Waals surface area contributed by atoms with E-state index < -0.39 is 11.9 Å². The van der Waals surface area contributed by atoms with E-state index in [0.717, 1.165) is 16.4 Å². The molecule has 0 radical (unpaired) electrons. The molecule has 0 bridgehead atoms. The molecule has 0 fully saturated rings. The molecule has 7 heteroatoms. The molecule has 3 rings (SSSR count). The van der Waals surface area contributed by atoms with Crippen LogP contribution in [-0.4, -0.2) is 15.5 Å². The van der Waals surface area contributed by atoms with Crippen LogP contribution in [0.1, 0.15) is 32.2 Å². The number of unbranched alkanes of at least 4 members (excludes halogenated alkanes) is 1. The minimum Gasteiger partial charge on any atom is -0.368 e. The van der Waals surface area contributed by atoms with Crippen molar-refractivity contribution in [3.05, 3.63) is 61.4 Å². The fraction of sp³-hybridized carbons (Fsp3) is 0.250. The van der Waals surface area contributed by atoms with Gasteiger partial charge >= 0.3 is 0 Å². The Labute approximate surface area is 175 Å². The first kappa shape index (κ1) is 19.8. The molecule has 5 nitrogen and oxygen atoms in total. The smallest absolute Gasteiger partial charge is 0.262 e. The van der Waals surface area contributed by atoms with Gasteiger partial charge in [0, 0.05) is 14.2 Å². The number of primary amides is 1. The van der Waals surface area contributed by atoms with Crippen LogP contribution in [0.15, 0.2) is 47.3 Å². The number of fused-ring (bicyclic) bond motifs is 1. The highest BCUT2D eigenvalue weighted by molar-refractivity contribution is 14.1. The summed E-state index contributed by atoms with van der Waals surface area (Å²) in [5.41, 5.74) is 6.65. The number of carbonyl (C=O) groups is 1. The highest BCUT2D eigenvalue weighted by atomic mass is 127. The molecule has 3 aromatic rings. The zero-order valence-electron chi connectivity index (χ0n) is 14.8. The number of amides is 1. The Morgan fingerprint density at radius 2 is 2.07 bits per heavy atom. The summed E-state index contributed by atoms with van der Waals surface area (Å²) in [5, 5.41) is 0.996. The second-order valence-corrected chi connectivity index (χ2v) is 8.02. The van der Waals surface area contributed by atoms with Crippen molar-refractivity contribution in [3.63, 3.8) is 0 Å². The number of aromatic nitrogens is 2. The predicted octanol–water partition coefficient (Wildman–Crippen LogP) is 4.54. The van der Waals surface area contributed by atoms with Crippen molar-refractivity contribution in [3.8, 4) is 11.4 Å². The van der Waals surface area contributed by atoms with Crippen LogP contribution in [0, 0.1) is 3.57 Å². The quantitative estimate of drug-likeness (QED) is 0.510. The Bertz CT molecular complexity index is 1060. The van der Waals surface area contributed by atoms with Gasteiger partial charge in [0.25, 0.3) is 5.56 Å². The number of nitrogens with two attached hydrogens (primary N) is 1. The van der Waals surface area contributed by atoms with Gasteiger partial charge in [-0.05, 0) is 59.3 Å². The fourth-order valence-electron chi connectivity index (χ4n) is 3.09. The molecule has 0 spiro atoms. The molecular formula is C20H19ClIN3O2. The summed E-state index contributed by atoms with van der Waals surface area (Å²) in [6, 6.07) is 11.8. The summed E-state index contributed by atoms with van der Waals surface area (Å²) in [7, 11) is 0. The average Bonchev–Trinajstić information content (AvgIpc) is 2.63. The SMILES string of the molecule is CCCCC(C(N)=O)n1c(-c2cccc(Cl)c2)nc2ccc(I)cc2c1=O. The monoisotopic (exact) mass is 495 g/mol. The Kier molecular flexibility index (Phi) is 6.16. The van der Waals surface area contributed by atoms with Gasteiger partial charge in [-0.2, -0.15) is 0 Å². The molecule has 2 aromatic carbocycles. The molecule has 0 saturated carbocycles. The lowest BCUT2D eigenvalue weighted by molar-refractivity contribution is -0.121. The van der Waals surface area contributed by atoms with Crippen molar-refractivity contribution in [2.75, 3.05) is 0 Å². The van der Waals surface area contributed by atoms with E-state index in [0.29, 0.717) is 33.7 Å². The van der Waals surface area contributed by atoms with Crippen molar-refractivity contribution >= 4 is 51.0 Å². The molecule has 27 heavy (non-hydrogen) atoms. The van der Waals surface area contributed by atoms with Crippen LogP contribution in [0.5, 0.6) is 0 Å². The topological polar surface area (TPSA) is 78.0 Å². The Morgan fingerprint density at radius 1 is 1.30 bits per heavy atom. The molecule has 0 saturated heterocycles. The largest absolute Gasteiger partial charge is 0.368 e. The zero-order chi connectivity index (χ0) is 19.6. The highest BCUT2D eigenvalue weighted by Crippen LogP contribution is 2.26. The number of halogens is 2. The standard InChI is InChI=1S/C20H19ClIN3O2/c1-2-3-7-17(18(23)26)25-19(12-5-4-6-13(21)10-12)24-16-9-8-14(22)11-15(16)20(25)27/h4-6,8-11,17H,2-3,7H2,1H3,(H2,23,26). The van der Waals surface area contributed by atoms with Gasteiger partial charge in [-0.3, -0.25) is 14.2 Å². The third-order valence-corrected chi connectivity index (χ3v) is 5.32. The Morgan fingerprint density at radius 3 is 2.74 bits per heavy atom. The molecule has 0 aliphatic rings. The van der Waals surface area contributed by atoms with E-state index in [9.17, 15) is 9.59 Å². The minimum absolute atomic E-state index is 0.270. The van der Waals surface area contributed by atoms with E-state index >= 15 is 0 Å². The number of hydrogen-bond acceptors (Lipinski definition) is 3. The van der Waals surface area contributed by atoms with E-state index in [4.69, 9.17) is 22.3 Å². The molecule has 2 N–H and O–H groups in total. The maximum absolute atomic E-state index is 13.3. The molecular weight excluding hydrogens is 477 g/mol. The first-order chi connectivity index (χ1) is 12.9. The molecule has 1 heterocycles. The van der Waals surface area contributed by atoms with Crippen LogP contribution >= 0.6 is 34.2 Å². The average molecular weight is 496 g/mol. The van der Waals surface area contributed by atoms with Crippen LogP contribution in [0.4, 0.5) is 0 Å². The lowest BCUT2D eigenvalue weighted by atomic mass is 10.1.